The van der Waals surface area contributed by atoms with Crippen molar-refractivity contribution in [3.63, 3.8) is 0 Å². The number of allylic oxidation sites excluding steroid dienone is 4. The zero-order valence-electron chi connectivity index (χ0n) is 33.0. The van der Waals surface area contributed by atoms with Gasteiger partial charge in [-0.2, -0.15) is 0 Å². The highest BCUT2D eigenvalue weighted by Gasteiger charge is 2.18. The number of esters is 2. The second-order valence-electron chi connectivity index (χ2n) is 14.2. The monoisotopic (exact) mass is 724 g/mol. The maximum Gasteiger partial charge on any atom is 0.306 e. The van der Waals surface area contributed by atoms with Crippen molar-refractivity contribution in [2.45, 2.75) is 213 Å². The number of unbranched alkanes of at least 4 members (excludes halogenated alkanes) is 22. The number of carbonyl (C=O) groups excluding carboxylic acids is 2. The molecule has 0 heterocycles. The van der Waals surface area contributed by atoms with Crippen LogP contribution in [0.25, 0.3) is 0 Å². The third kappa shape index (κ3) is 37.8. The molecule has 7 heteroatoms. The quantitative estimate of drug-likeness (QED) is 0.0385. The first kappa shape index (κ1) is 48.5. The Morgan fingerprint density at radius 3 is 1.38 bits per heavy atom. The zero-order chi connectivity index (χ0) is 36.6. The lowest BCUT2D eigenvalue weighted by molar-refractivity contribution is -0.159. The van der Waals surface area contributed by atoms with Crippen molar-refractivity contribution in [2.75, 3.05) is 24.7 Å². The molecule has 0 aliphatic carbocycles. The van der Waals surface area contributed by atoms with Gasteiger partial charge in [0.1, 0.15) is 12.7 Å². The minimum absolute atomic E-state index is 0.0378. The van der Waals surface area contributed by atoms with Crippen LogP contribution in [0.1, 0.15) is 206 Å². The lowest BCUT2D eigenvalue weighted by Gasteiger charge is -2.18. The van der Waals surface area contributed by atoms with Crippen LogP contribution in [-0.2, 0) is 29.9 Å². The Balaban J connectivity index is 4.09. The van der Waals surface area contributed by atoms with Crippen LogP contribution in [0.3, 0.4) is 0 Å². The number of hydrogen-bond donors (Lipinski definition) is 1. The summed E-state index contributed by atoms with van der Waals surface area (Å²) in [6, 6.07) is 0. The van der Waals surface area contributed by atoms with Gasteiger partial charge in [0.05, 0.1) is 0 Å². The fourth-order valence-electron chi connectivity index (χ4n) is 5.97. The van der Waals surface area contributed by atoms with Gasteiger partial charge in [-0.3, -0.25) is 13.8 Å². The maximum atomic E-state index is 12.6. The standard InChI is InChI=1S/C43H81NO5S/c1-3-5-7-9-11-13-15-17-19-21-23-25-27-29-31-34-42(45)48-40-41(36-39-50(47)38-33-37-44)49-43(46)35-32-30-28-26-24-22-20-18-16-14-12-10-8-6-4-2/h17-20,41H,3-16,21-40,44H2,1-2H3. The molecule has 50 heavy (non-hydrogen) atoms. The number of carbonyl (C=O) groups is 2. The van der Waals surface area contributed by atoms with Gasteiger partial charge < -0.3 is 15.2 Å². The molecule has 0 aliphatic rings. The molecular formula is C43H81NO5S. The first-order valence-corrected chi connectivity index (χ1v) is 22.7. The molecule has 0 radical (unpaired) electrons. The zero-order valence-corrected chi connectivity index (χ0v) is 33.8. The van der Waals surface area contributed by atoms with E-state index in [4.69, 9.17) is 15.2 Å². The Morgan fingerprint density at radius 2 is 0.940 bits per heavy atom. The largest absolute Gasteiger partial charge is 0.462 e. The van der Waals surface area contributed by atoms with Crippen molar-refractivity contribution in [2.24, 2.45) is 5.73 Å². The summed E-state index contributed by atoms with van der Waals surface area (Å²) in [7, 11) is -1.02. The topological polar surface area (TPSA) is 95.7 Å². The van der Waals surface area contributed by atoms with Crippen LogP contribution < -0.4 is 5.73 Å². The van der Waals surface area contributed by atoms with Crippen molar-refractivity contribution in [1.82, 2.24) is 0 Å². The van der Waals surface area contributed by atoms with Crippen LogP contribution >= 0.6 is 0 Å². The Bertz CT molecular complexity index is 830. The summed E-state index contributed by atoms with van der Waals surface area (Å²) < 4.78 is 23.6. The molecule has 0 aromatic carbocycles. The average Bonchev–Trinajstić information content (AvgIpc) is 3.11. The van der Waals surface area contributed by atoms with Crippen LogP contribution in [0, 0.1) is 0 Å². The van der Waals surface area contributed by atoms with Gasteiger partial charge in [0.25, 0.3) is 0 Å². The van der Waals surface area contributed by atoms with Gasteiger partial charge in [-0.25, -0.2) is 0 Å². The number of nitrogens with two attached hydrogens (primary N) is 1. The predicted octanol–water partition coefficient (Wildman–Crippen LogP) is 12.0. The van der Waals surface area contributed by atoms with E-state index >= 15 is 0 Å². The van der Waals surface area contributed by atoms with E-state index in [-0.39, 0.29) is 18.5 Å². The molecule has 0 aromatic rings. The van der Waals surface area contributed by atoms with Crippen LogP contribution in [0.15, 0.2) is 24.3 Å². The van der Waals surface area contributed by atoms with Gasteiger partial charge >= 0.3 is 11.9 Å². The fourth-order valence-corrected chi connectivity index (χ4v) is 7.19. The van der Waals surface area contributed by atoms with Crippen molar-refractivity contribution >= 4 is 22.7 Å². The van der Waals surface area contributed by atoms with E-state index < -0.39 is 16.9 Å². The third-order valence-electron chi connectivity index (χ3n) is 9.26. The predicted molar refractivity (Wildman–Crippen MR) is 216 cm³/mol. The normalized spacial score (nSPS) is 12.9. The summed E-state index contributed by atoms with van der Waals surface area (Å²) >= 11 is 0. The number of hydrogen-bond acceptors (Lipinski definition) is 6. The molecule has 0 aromatic heterocycles. The van der Waals surface area contributed by atoms with Crippen LogP contribution in [-0.4, -0.2) is 46.9 Å². The van der Waals surface area contributed by atoms with E-state index in [2.05, 4.69) is 38.2 Å². The molecule has 2 N–H and O–H groups in total. The summed E-state index contributed by atoms with van der Waals surface area (Å²) in [5, 5.41) is 0. The molecular weight excluding hydrogens is 643 g/mol. The molecule has 0 aliphatic heterocycles. The summed E-state index contributed by atoms with van der Waals surface area (Å²) in [5.74, 6) is 0.456. The molecule has 0 rings (SSSR count). The third-order valence-corrected chi connectivity index (χ3v) is 10.7. The van der Waals surface area contributed by atoms with Gasteiger partial charge in [0.2, 0.25) is 0 Å². The summed E-state index contributed by atoms with van der Waals surface area (Å²) in [6.45, 7) is 5.07. The van der Waals surface area contributed by atoms with Gasteiger partial charge in [-0.1, -0.05) is 141 Å². The van der Waals surface area contributed by atoms with E-state index in [1.54, 1.807) is 0 Å². The van der Waals surface area contributed by atoms with E-state index in [1.165, 1.54) is 116 Å². The summed E-state index contributed by atoms with van der Waals surface area (Å²) in [6.07, 6.45) is 42.2. The van der Waals surface area contributed by atoms with Gasteiger partial charge in [-0.15, -0.1) is 0 Å². The highest BCUT2D eigenvalue weighted by molar-refractivity contribution is 7.84. The molecule has 2 atom stereocenters. The van der Waals surface area contributed by atoms with E-state index in [0.717, 1.165) is 51.4 Å². The Morgan fingerprint density at radius 1 is 0.540 bits per heavy atom. The molecule has 0 fully saturated rings. The van der Waals surface area contributed by atoms with Crippen LogP contribution in [0.2, 0.25) is 0 Å². The first-order valence-electron chi connectivity index (χ1n) is 21.2. The smallest absolute Gasteiger partial charge is 0.306 e. The fraction of sp³-hybridized carbons (Fsp3) is 0.860. The molecule has 0 amide bonds. The summed E-state index contributed by atoms with van der Waals surface area (Å²) in [5.41, 5.74) is 5.56. The maximum absolute atomic E-state index is 12.6. The number of ether oxygens (including phenoxy) is 2. The lowest BCUT2D eigenvalue weighted by Crippen LogP contribution is -2.27. The van der Waals surface area contributed by atoms with Gasteiger partial charge in [-0.05, 0) is 83.6 Å². The summed E-state index contributed by atoms with van der Waals surface area (Å²) in [4.78, 5) is 25.0. The molecule has 2 unspecified atom stereocenters. The number of rotatable bonds is 39. The highest BCUT2D eigenvalue weighted by Crippen LogP contribution is 2.14. The van der Waals surface area contributed by atoms with E-state index in [9.17, 15) is 13.8 Å². The minimum Gasteiger partial charge on any atom is -0.462 e. The molecule has 0 saturated heterocycles. The molecule has 0 spiro atoms. The van der Waals surface area contributed by atoms with Crippen LogP contribution in [0.5, 0.6) is 0 Å². The van der Waals surface area contributed by atoms with Gasteiger partial charge in [0, 0.05) is 35.1 Å². The highest BCUT2D eigenvalue weighted by atomic mass is 32.2. The average molecular weight is 724 g/mol. The first-order chi connectivity index (χ1) is 24.5. The van der Waals surface area contributed by atoms with Crippen molar-refractivity contribution < 1.29 is 23.3 Å². The van der Waals surface area contributed by atoms with E-state index in [0.29, 0.717) is 43.7 Å². The second-order valence-corrected chi connectivity index (χ2v) is 15.9. The SMILES string of the molecule is CCCCCCCCC=CCCCCCCCC(=O)OCC(CCS(=O)CCCN)OC(=O)CCCCCCCC=CCCCCCCCC. The van der Waals surface area contributed by atoms with Crippen molar-refractivity contribution in [3.8, 4) is 0 Å². The molecule has 6 nitrogen and oxygen atoms in total. The molecule has 0 saturated carbocycles. The Kier molecular flexibility index (Phi) is 39.1. The Labute approximate surface area is 312 Å². The van der Waals surface area contributed by atoms with E-state index in [1.807, 2.05) is 0 Å². The molecule has 0 bridgehead atoms. The lowest BCUT2D eigenvalue weighted by atomic mass is 10.1. The molecule has 294 valence electrons. The van der Waals surface area contributed by atoms with Crippen molar-refractivity contribution in [1.29, 1.82) is 0 Å². The van der Waals surface area contributed by atoms with Crippen molar-refractivity contribution in [3.05, 3.63) is 24.3 Å². The minimum atomic E-state index is -1.02. The van der Waals surface area contributed by atoms with Crippen LogP contribution in [0.4, 0.5) is 0 Å². The van der Waals surface area contributed by atoms with Gasteiger partial charge in [0.15, 0.2) is 0 Å². The second kappa shape index (κ2) is 40.3. The Hall–Kier alpha value is -1.47.